The quantitative estimate of drug-likeness (QED) is 0.821. The van der Waals surface area contributed by atoms with Crippen LogP contribution in [0.1, 0.15) is 35.2 Å². The zero-order valence-corrected chi connectivity index (χ0v) is 11.1. The van der Waals surface area contributed by atoms with Gasteiger partial charge >= 0.3 is 12.4 Å². The molecule has 0 saturated heterocycles. The van der Waals surface area contributed by atoms with E-state index in [4.69, 9.17) is 0 Å². The second kappa shape index (κ2) is 4.17. The SMILES string of the molecule is O=C(NC12CC(C(F)(F)F)(C1)C2)c1ccc(C(F)(F)F)cc1. The maximum atomic E-state index is 12.7. The van der Waals surface area contributed by atoms with Gasteiger partial charge in [0.25, 0.3) is 5.91 Å². The topological polar surface area (TPSA) is 29.1 Å². The Labute approximate surface area is 121 Å². The van der Waals surface area contributed by atoms with Crippen LogP contribution in [0.3, 0.4) is 0 Å². The highest BCUT2D eigenvalue weighted by atomic mass is 19.4. The smallest absolute Gasteiger partial charge is 0.347 e. The second-order valence-electron chi connectivity index (χ2n) is 6.12. The van der Waals surface area contributed by atoms with E-state index in [0.29, 0.717) is 0 Å². The molecule has 0 atom stereocenters. The Morgan fingerprint density at radius 1 is 0.955 bits per heavy atom. The first-order valence-corrected chi connectivity index (χ1v) is 6.53. The number of alkyl halides is 6. The number of benzene rings is 1. The van der Waals surface area contributed by atoms with Crippen LogP contribution >= 0.6 is 0 Å². The Balaban J connectivity index is 1.63. The highest BCUT2D eigenvalue weighted by molar-refractivity contribution is 5.95. The Morgan fingerprint density at radius 3 is 1.86 bits per heavy atom. The molecule has 0 heterocycles. The van der Waals surface area contributed by atoms with Gasteiger partial charge in [-0.3, -0.25) is 4.79 Å². The standard InChI is InChI=1S/C14H11F6NO/c15-13(16,17)9-3-1-8(2-4-9)10(22)21-12-5-11(6-12,7-12)14(18,19)20/h1-4H,5-7H2,(H,21,22). The third-order valence-corrected chi connectivity index (χ3v) is 4.48. The van der Waals surface area contributed by atoms with Crippen molar-refractivity contribution in [3.05, 3.63) is 35.4 Å². The molecule has 2 bridgehead atoms. The highest BCUT2D eigenvalue weighted by Gasteiger charge is 2.78. The lowest BCUT2D eigenvalue weighted by Crippen LogP contribution is -2.78. The fourth-order valence-corrected chi connectivity index (χ4v) is 3.34. The summed E-state index contributed by atoms with van der Waals surface area (Å²) in [5.74, 6) is -0.649. The number of hydrogen-bond acceptors (Lipinski definition) is 1. The van der Waals surface area contributed by atoms with Crippen LogP contribution in [0, 0.1) is 5.41 Å². The minimum Gasteiger partial charge on any atom is -0.347 e. The van der Waals surface area contributed by atoms with Crippen LogP contribution in [-0.2, 0) is 6.18 Å². The summed E-state index contributed by atoms with van der Waals surface area (Å²) in [5, 5.41) is 2.51. The molecule has 0 unspecified atom stereocenters. The van der Waals surface area contributed by atoms with E-state index in [9.17, 15) is 31.1 Å². The molecule has 3 fully saturated rings. The molecule has 120 valence electrons. The first-order valence-electron chi connectivity index (χ1n) is 6.53. The van der Waals surface area contributed by atoms with Gasteiger partial charge in [0.2, 0.25) is 0 Å². The number of nitrogens with one attached hydrogen (secondary N) is 1. The fraction of sp³-hybridized carbons (Fsp3) is 0.500. The van der Waals surface area contributed by atoms with Gasteiger partial charge in [-0.15, -0.1) is 0 Å². The summed E-state index contributed by atoms with van der Waals surface area (Å²) >= 11 is 0. The van der Waals surface area contributed by atoms with Crippen LogP contribution in [0.25, 0.3) is 0 Å². The van der Waals surface area contributed by atoms with E-state index in [-0.39, 0.29) is 24.8 Å². The Morgan fingerprint density at radius 2 is 1.45 bits per heavy atom. The predicted molar refractivity (Wildman–Crippen MR) is 64.0 cm³/mol. The van der Waals surface area contributed by atoms with Gasteiger partial charge < -0.3 is 5.32 Å². The van der Waals surface area contributed by atoms with Crippen LogP contribution in [0.15, 0.2) is 24.3 Å². The summed E-state index contributed by atoms with van der Waals surface area (Å²) in [7, 11) is 0. The minimum atomic E-state index is -4.50. The molecule has 4 rings (SSSR count). The molecule has 0 aliphatic heterocycles. The van der Waals surface area contributed by atoms with Crippen LogP contribution in [0.5, 0.6) is 0 Å². The average molecular weight is 323 g/mol. The molecule has 1 aromatic carbocycles. The van der Waals surface area contributed by atoms with Gasteiger partial charge in [0.1, 0.15) is 0 Å². The van der Waals surface area contributed by atoms with Crippen molar-refractivity contribution < 1.29 is 31.1 Å². The van der Waals surface area contributed by atoms with Gasteiger partial charge in [-0.1, -0.05) is 0 Å². The van der Waals surface area contributed by atoms with Gasteiger partial charge in [-0.2, -0.15) is 26.3 Å². The van der Waals surface area contributed by atoms with Gasteiger partial charge in [-0.25, -0.2) is 0 Å². The molecular weight excluding hydrogens is 312 g/mol. The van der Waals surface area contributed by atoms with Gasteiger partial charge in [0.05, 0.1) is 11.0 Å². The van der Waals surface area contributed by atoms with Gasteiger partial charge in [0.15, 0.2) is 0 Å². The lowest BCUT2D eigenvalue weighted by molar-refractivity contribution is -0.336. The summed E-state index contributed by atoms with van der Waals surface area (Å²) in [6.45, 7) is 0. The molecule has 0 spiro atoms. The predicted octanol–water partition coefficient (Wildman–Crippen LogP) is 3.92. The number of halogens is 6. The number of rotatable bonds is 2. The van der Waals surface area contributed by atoms with Crippen molar-refractivity contribution >= 4 is 5.91 Å². The van der Waals surface area contributed by atoms with Gasteiger partial charge in [0, 0.05) is 11.1 Å². The van der Waals surface area contributed by atoms with E-state index in [1.165, 1.54) is 0 Å². The zero-order chi connectivity index (χ0) is 16.4. The zero-order valence-electron chi connectivity index (χ0n) is 11.1. The number of carbonyl (C=O) groups excluding carboxylic acids is 1. The summed E-state index contributed by atoms with van der Waals surface area (Å²) in [5.41, 5.74) is -3.42. The summed E-state index contributed by atoms with van der Waals surface area (Å²) in [6, 6.07) is 3.58. The molecule has 8 heteroatoms. The molecule has 1 N–H and O–H groups in total. The molecular formula is C14H11F6NO. The second-order valence-corrected chi connectivity index (χ2v) is 6.12. The number of carbonyl (C=O) groups is 1. The monoisotopic (exact) mass is 323 g/mol. The molecule has 3 aliphatic carbocycles. The molecule has 2 nitrogen and oxygen atoms in total. The normalized spacial score (nSPS) is 30.3. The molecule has 1 aromatic rings. The average Bonchev–Trinajstić information content (AvgIpc) is 2.29. The van der Waals surface area contributed by atoms with E-state index >= 15 is 0 Å². The Kier molecular flexibility index (Phi) is 2.88. The maximum absolute atomic E-state index is 12.7. The molecule has 1 amide bonds. The van der Waals surface area contributed by atoms with Crippen LogP contribution in [0.4, 0.5) is 26.3 Å². The molecule has 3 aliphatic rings. The molecule has 22 heavy (non-hydrogen) atoms. The maximum Gasteiger partial charge on any atom is 0.416 e. The number of hydrogen-bond donors (Lipinski definition) is 1. The minimum absolute atomic E-state index is 0.00113. The Hall–Kier alpha value is -1.73. The van der Waals surface area contributed by atoms with E-state index in [0.717, 1.165) is 24.3 Å². The van der Waals surface area contributed by atoms with Crippen LogP contribution in [0.2, 0.25) is 0 Å². The summed E-state index contributed by atoms with van der Waals surface area (Å²) in [6.07, 6.45) is -9.24. The highest BCUT2D eigenvalue weighted by Crippen LogP contribution is 2.73. The number of amides is 1. The van der Waals surface area contributed by atoms with E-state index in [1.54, 1.807) is 0 Å². The van der Waals surface area contributed by atoms with E-state index in [1.807, 2.05) is 0 Å². The van der Waals surface area contributed by atoms with Crippen LogP contribution < -0.4 is 5.32 Å². The van der Waals surface area contributed by atoms with Crippen molar-refractivity contribution in [3.8, 4) is 0 Å². The first kappa shape index (κ1) is 15.2. The molecule has 3 saturated carbocycles. The lowest BCUT2D eigenvalue weighted by atomic mass is 9.39. The first-order chi connectivity index (χ1) is 9.97. The van der Waals surface area contributed by atoms with Gasteiger partial charge in [-0.05, 0) is 43.5 Å². The summed E-state index contributed by atoms with van der Waals surface area (Å²) in [4.78, 5) is 11.9. The van der Waals surface area contributed by atoms with Crippen molar-refractivity contribution in [2.24, 2.45) is 5.41 Å². The summed E-state index contributed by atoms with van der Waals surface area (Å²) < 4.78 is 75.3. The van der Waals surface area contributed by atoms with Crippen molar-refractivity contribution in [2.75, 3.05) is 0 Å². The van der Waals surface area contributed by atoms with Crippen molar-refractivity contribution in [1.82, 2.24) is 5.32 Å². The Bertz CT molecular complexity index is 596. The molecule has 0 radical (unpaired) electrons. The van der Waals surface area contributed by atoms with Crippen molar-refractivity contribution in [3.63, 3.8) is 0 Å². The fourth-order valence-electron chi connectivity index (χ4n) is 3.34. The van der Waals surface area contributed by atoms with Crippen molar-refractivity contribution in [1.29, 1.82) is 0 Å². The van der Waals surface area contributed by atoms with Crippen LogP contribution in [-0.4, -0.2) is 17.6 Å². The van der Waals surface area contributed by atoms with E-state index in [2.05, 4.69) is 5.32 Å². The molecule has 0 aromatic heterocycles. The van der Waals surface area contributed by atoms with E-state index < -0.39 is 34.8 Å². The lowest BCUT2D eigenvalue weighted by Gasteiger charge is -2.70. The van der Waals surface area contributed by atoms with Crippen molar-refractivity contribution in [2.45, 2.75) is 37.2 Å². The largest absolute Gasteiger partial charge is 0.416 e. The third-order valence-electron chi connectivity index (χ3n) is 4.48. The third kappa shape index (κ3) is 2.16.